The molecule has 1 saturated heterocycles. The number of carbonyl (C=O) groups excluding carboxylic acids is 2. The van der Waals surface area contributed by atoms with Crippen LogP contribution < -0.4 is 16.8 Å². The second-order valence-electron chi connectivity index (χ2n) is 5.04. The van der Waals surface area contributed by atoms with E-state index < -0.39 is 60.8 Å². The second kappa shape index (κ2) is 6.79. The molecule has 2 amide bonds. The lowest BCUT2D eigenvalue weighted by Gasteiger charge is -2.46. The molecule has 0 aromatic carbocycles. The molecule has 8 N–H and O–H groups in total. The van der Waals surface area contributed by atoms with Gasteiger partial charge in [-0.15, -0.1) is 0 Å². The van der Waals surface area contributed by atoms with Crippen LogP contribution in [0.1, 0.15) is 6.92 Å². The zero-order valence-corrected chi connectivity index (χ0v) is 11.6. The molecule has 0 bridgehead atoms. The molecule has 0 aliphatic carbocycles. The number of rotatable bonds is 5. The summed E-state index contributed by atoms with van der Waals surface area (Å²) in [4.78, 5) is 22.3. The first kappa shape index (κ1) is 18.6. The van der Waals surface area contributed by atoms with Crippen LogP contribution in [0.15, 0.2) is 0 Å². The summed E-state index contributed by atoms with van der Waals surface area (Å²) in [5.41, 5.74) is 10.2. The molecule has 9 nitrogen and oxygen atoms in total. The molecule has 0 aromatic rings. The molecule has 0 saturated carbocycles. The fourth-order valence-electron chi connectivity index (χ4n) is 2.20. The molecule has 11 heteroatoms. The monoisotopic (exact) mass is 327 g/mol. The molecule has 22 heavy (non-hydrogen) atoms. The van der Waals surface area contributed by atoms with Gasteiger partial charge in [-0.05, 0) is 0 Å². The zero-order valence-electron chi connectivity index (χ0n) is 11.6. The van der Waals surface area contributed by atoms with E-state index in [0.29, 0.717) is 0 Å². The topological polar surface area (TPSA) is 168 Å². The number of amides is 2. The van der Waals surface area contributed by atoms with Crippen molar-refractivity contribution >= 4 is 11.8 Å². The highest BCUT2D eigenvalue weighted by molar-refractivity contribution is 5.83. The summed E-state index contributed by atoms with van der Waals surface area (Å²) < 4.78 is 32.9. The quantitative estimate of drug-likeness (QED) is 0.303. The Balaban J connectivity index is 3.19. The normalized spacial score (nSPS) is 38.1. The van der Waals surface area contributed by atoms with Crippen LogP contribution in [0.3, 0.4) is 0 Å². The van der Waals surface area contributed by atoms with Crippen molar-refractivity contribution in [3.8, 4) is 0 Å². The van der Waals surface area contributed by atoms with E-state index in [4.69, 9.17) is 16.6 Å². The van der Waals surface area contributed by atoms with Gasteiger partial charge in [-0.1, -0.05) is 0 Å². The van der Waals surface area contributed by atoms with E-state index in [1.54, 1.807) is 0 Å². The first-order valence-electron chi connectivity index (χ1n) is 6.36. The highest BCUT2D eigenvalue weighted by atomic mass is 19.2. The third kappa shape index (κ3) is 3.33. The van der Waals surface area contributed by atoms with Gasteiger partial charge in [0.25, 0.3) is 5.91 Å². The average Bonchev–Trinajstić information content (AvgIpc) is 2.45. The van der Waals surface area contributed by atoms with Crippen molar-refractivity contribution < 1.29 is 38.4 Å². The summed E-state index contributed by atoms with van der Waals surface area (Å²) in [5, 5.41) is 30.3. The van der Waals surface area contributed by atoms with Gasteiger partial charge in [0, 0.05) is 6.92 Å². The summed E-state index contributed by atoms with van der Waals surface area (Å²) in [6.07, 6.45) is -8.29. The molecule has 0 spiro atoms. The zero-order chi connectivity index (χ0) is 17.2. The number of nitrogens with one attached hydrogen (secondary N) is 1. The van der Waals surface area contributed by atoms with Crippen molar-refractivity contribution in [2.45, 2.75) is 49.3 Å². The summed E-state index contributed by atoms with van der Waals surface area (Å²) in [7, 11) is 0. The van der Waals surface area contributed by atoms with E-state index in [1.165, 1.54) is 0 Å². The fraction of sp³-hybridized carbons (Fsp3) is 0.818. The van der Waals surface area contributed by atoms with Crippen LogP contribution in [0.4, 0.5) is 8.78 Å². The van der Waals surface area contributed by atoms with Crippen molar-refractivity contribution in [1.82, 2.24) is 5.32 Å². The van der Waals surface area contributed by atoms with Gasteiger partial charge in [0.05, 0.1) is 18.7 Å². The van der Waals surface area contributed by atoms with Gasteiger partial charge in [0.15, 0.2) is 6.17 Å². The molecule has 128 valence electrons. The van der Waals surface area contributed by atoms with Gasteiger partial charge in [0.2, 0.25) is 5.91 Å². The van der Waals surface area contributed by atoms with Crippen LogP contribution in [0.5, 0.6) is 0 Å². The number of carbonyl (C=O) groups is 2. The minimum atomic E-state index is -3.64. The van der Waals surface area contributed by atoms with Crippen LogP contribution >= 0.6 is 0 Å². The first-order chi connectivity index (χ1) is 10.1. The Hall–Kier alpha value is -1.40. The predicted octanol–water partition coefficient (Wildman–Crippen LogP) is -3.58. The molecule has 1 fully saturated rings. The van der Waals surface area contributed by atoms with Gasteiger partial charge >= 0.3 is 5.85 Å². The standard InChI is InChI=1S/C11H19F2N3O6/c1-3(18)16-6-5(14)9(12)11(13,10(15)21)22-8(6)7(20)4(19)2-17/h4-9,17,19-20H,2,14H2,1H3,(H2,15,21)(H,16,18)/t4-,5?,6-,7-,8?,9?,11?/m1/s1. The fourth-order valence-corrected chi connectivity index (χ4v) is 2.20. The molecule has 0 radical (unpaired) electrons. The number of hydrogen-bond donors (Lipinski definition) is 6. The maximum absolute atomic E-state index is 14.3. The van der Waals surface area contributed by atoms with Crippen LogP contribution in [0.25, 0.3) is 0 Å². The lowest BCUT2D eigenvalue weighted by molar-refractivity contribution is -0.266. The van der Waals surface area contributed by atoms with E-state index in [9.17, 15) is 28.6 Å². The van der Waals surface area contributed by atoms with Crippen LogP contribution in [-0.4, -0.2) is 76.2 Å². The number of halogens is 2. The highest BCUT2D eigenvalue weighted by Crippen LogP contribution is 2.34. The Morgan fingerprint density at radius 2 is 2.00 bits per heavy atom. The Kier molecular flexibility index (Phi) is 5.76. The Morgan fingerprint density at radius 1 is 1.45 bits per heavy atom. The molecule has 1 aliphatic heterocycles. The SMILES string of the molecule is CC(=O)N[C@@H]1C(N)C(F)C(F)(C(N)=O)OC1[C@H](O)[C@H](O)CO. The Morgan fingerprint density at radius 3 is 2.41 bits per heavy atom. The lowest BCUT2D eigenvalue weighted by Crippen LogP contribution is -2.74. The molecule has 1 aliphatic rings. The summed E-state index contributed by atoms with van der Waals surface area (Å²) >= 11 is 0. The van der Waals surface area contributed by atoms with E-state index in [0.717, 1.165) is 6.92 Å². The van der Waals surface area contributed by atoms with Crippen molar-refractivity contribution in [1.29, 1.82) is 0 Å². The number of primary amides is 1. The predicted molar refractivity (Wildman–Crippen MR) is 67.5 cm³/mol. The van der Waals surface area contributed by atoms with E-state index >= 15 is 0 Å². The largest absolute Gasteiger partial charge is 0.394 e. The Bertz CT molecular complexity index is 442. The number of aliphatic hydroxyl groups is 3. The van der Waals surface area contributed by atoms with E-state index in [2.05, 4.69) is 10.1 Å². The van der Waals surface area contributed by atoms with Crippen LogP contribution in [-0.2, 0) is 14.3 Å². The third-order valence-corrected chi connectivity index (χ3v) is 3.39. The summed E-state index contributed by atoms with van der Waals surface area (Å²) in [6, 6.07) is -3.26. The minimum Gasteiger partial charge on any atom is -0.394 e. The smallest absolute Gasteiger partial charge is 0.321 e. The number of ether oxygens (including phenoxy) is 1. The molecule has 1 heterocycles. The average molecular weight is 327 g/mol. The van der Waals surface area contributed by atoms with Gasteiger partial charge in [-0.2, -0.15) is 4.39 Å². The van der Waals surface area contributed by atoms with Gasteiger partial charge in [0.1, 0.15) is 18.3 Å². The van der Waals surface area contributed by atoms with Gasteiger partial charge in [-0.25, -0.2) is 4.39 Å². The molecule has 7 atom stereocenters. The Labute approximate surface area is 124 Å². The molecule has 4 unspecified atom stereocenters. The van der Waals surface area contributed by atoms with Crippen molar-refractivity contribution in [2.24, 2.45) is 11.5 Å². The minimum absolute atomic E-state index is 0.697. The summed E-state index contributed by atoms with van der Waals surface area (Å²) in [5.74, 6) is -6.15. The first-order valence-corrected chi connectivity index (χ1v) is 6.36. The molecular weight excluding hydrogens is 308 g/mol. The van der Waals surface area contributed by atoms with Crippen LogP contribution in [0.2, 0.25) is 0 Å². The number of aliphatic hydroxyl groups excluding tert-OH is 3. The second-order valence-corrected chi connectivity index (χ2v) is 5.04. The molecular formula is C11H19F2N3O6. The third-order valence-electron chi connectivity index (χ3n) is 3.39. The van der Waals surface area contributed by atoms with Crippen LogP contribution in [0, 0.1) is 0 Å². The van der Waals surface area contributed by atoms with Gasteiger partial charge < -0.3 is 36.8 Å². The maximum Gasteiger partial charge on any atom is 0.321 e. The van der Waals surface area contributed by atoms with Crippen molar-refractivity contribution in [2.75, 3.05) is 6.61 Å². The lowest BCUT2D eigenvalue weighted by atomic mass is 9.86. The van der Waals surface area contributed by atoms with E-state index in [1.807, 2.05) is 0 Å². The molecule has 0 aromatic heterocycles. The van der Waals surface area contributed by atoms with E-state index in [-0.39, 0.29) is 0 Å². The van der Waals surface area contributed by atoms with Gasteiger partial charge in [-0.3, -0.25) is 9.59 Å². The highest BCUT2D eigenvalue weighted by Gasteiger charge is 2.60. The number of hydrogen-bond acceptors (Lipinski definition) is 7. The number of alkyl halides is 2. The maximum atomic E-state index is 14.3. The van der Waals surface area contributed by atoms with Crippen molar-refractivity contribution in [3.63, 3.8) is 0 Å². The molecule has 1 rings (SSSR count). The summed E-state index contributed by atoms with van der Waals surface area (Å²) in [6.45, 7) is 0.120. The number of nitrogens with two attached hydrogens (primary N) is 2. The van der Waals surface area contributed by atoms with Crippen molar-refractivity contribution in [3.05, 3.63) is 0 Å².